The van der Waals surface area contributed by atoms with Gasteiger partial charge in [0.05, 0.1) is 36.5 Å². The number of nitrogens with zero attached hydrogens (tertiary/aromatic N) is 4. The average molecular weight is 470 g/mol. The number of pyridine rings is 2. The molecule has 0 saturated carbocycles. The highest BCUT2D eigenvalue weighted by Crippen LogP contribution is 2.31. The van der Waals surface area contributed by atoms with E-state index in [2.05, 4.69) is 26.8 Å². The third-order valence-corrected chi connectivity index (χ3v) is 6.88. The van der Waals surface area contributed by atoms with Crippen molar-refractivity contribution in [3.05, 3.63) is 52.7 Å². The highest BCUT2D eigenvalue weighted by Gasteiger charge is 2.26. The van der Waals surface area contributed by atoms with Crippen molar-refractivity contribution in [2.24, 2.45) is 0 Å². The lowest BCUT2D eigenvalue weighted by atomic mass is 10.00. The van der Waals surface area contributed by atoms with E-state index in [9.17, 15) is 9.18 Å². The van der Waals surface area contributed by atoms with E-state index in [0.717, 1.165) is 58.7 Å². The van der Waals surface area contributed by atoms with Crippen LogP contribution in [-0.4, -0.2) is 45.5 Å². The van der Waals surface area contributed by atoms with Gasteiger partial charge in [-0.25, -0.2) is 14.4 Å². The van der Waals surface area contributed by atoms with Gasteiger partial charge in [-0.3, -0.25) is 4.79 Å². The van der Waals surface area contributed by atoms with Crippen molar-refractivity contribution < 1.29 is 13.9 Å². The molecule has 174 valence electrons. The molecule has 1 aliphatic rings. The van der Waals surface area contributed by atoms with Crippen molar-refractivity contribution in [3.63, 3.8) is 0 Å². The number of ether oxygens (including phenoxy) is 1. The highest BCUT2D eigenvalue weighted by molar-refractivity contribution is 7.09. The second-order valence-corrected chi connectivity index (χ2v) is 9.13. The van der Waals surface area contributed by atoms with Gasteiger partial charge >= 0.3 is 0 Å². The molecule has 3 aromatic rings. The molecule has 0 fully saturated rings. The molecule has 0 aromatic carbocycles. The third kappa shape index (κ3) is 4.98. The number of anilines is 1. The van der Waals surface area contributed by atoms with Crippen LogP contribution in [0.1, 0.15) is 48.2 Å². The molecule has 4 heterocycles. The second kappa shape index (κ2) is 9.82. The number of aryl methyl sites for hydroxylation is 3. The molecule has 0 saturated heterocycles. The van der Waals surface area contributed by atoms with E-state index < -0.39 is 11.7 Å². The smallest absolute Gasteiger partial charge is 0.231 e. The molecular formula is C24H28FN5O2S. The third-order valence-electron chi connectivity index (χ3n) is 5.96. The van der Waals surface area contributed by atoms with E-state index >= 15 is 0 Å². The fourth-order valence-electron chi connectivity index (χ4n) is 4.07. The molecule has 1 atom stereocenters. The van der Waals surface area contributed by atoms with Crippen molar-refractivity contribution in [1.82, 2.24) is 19.2 Å². The molecule has 3 aromatic heterocycles. The minimum absolute atomic E-state index is 0.147. The summed E-state index contributed by atoms with van der Waals surface area (Å²) < 4.78 is 23.9. The summed E-state index contributed by atoms with van der Waals surface area (Å²) in [5.41, 5.74) is 4.44. The molecule has 1 aliphatic heterocycles. The van der Waals surface area contributed by atoms with Gasteiger partial charge in [-0.1, -0.05) is 0 Å². The number of methoxy groups -OCH3 is 1. The summed E-state index contributed by atoms with van der Waals surface area (Å²) in [5.74, 6) is -0.236. The molecule has 0 unspecified atom stereocenters. The largest absolute Gasteiger partial charge is 0.481 e. The van der Waals surface area contributed by atoms with E-state index in [4.69, 9.17) is 9.72 Å². The van der Waals surface area contributed by atoms with E-state index in [1.165, 1.54) is 24.7 Å². The zero-order valence-electron chi connectivity index (χ0n) is 19.3. The van der Waals surface area contributed by atoms with Crippen LogP contribution >= 0.6 is 11.5 Å². The van der Waals surface area contributed by atoms with E-state index in [0.29, 0.717) is 13.2 Å². The van der Waals surface area contributed by atoms with Crippen molar-refractivity contribution in [1.29, 1.82) is 0 Å². The van der Waals surface area contributed by atoms with Crippen molar-refractivity contribution in [3.8, 4) is 16.3 Å². The Bertz CT molecular complexity index is 1170. The molecule has 0 aliphatic carbocycles. The maximum absolute atomic E-state index is 14.4. The van der Waals surface area contributed by atoms with Gasteiger partial charge in [-0.15, -0.1) is 0 Å². The maximum Gasteiger partial charge on any atom is 0.231 e. The first-order chi connectivity index (χ1) is 15.9. The summed E-state index contributed by atoms with van der Waals surface area (Å²) in [5, 5.41) is 3.36. The molecular weight excluding hydrogens is 441 g/mol. The number of carbonyl (C=O) groups excluding carboxylic acids is 1. The fourth-order valence-corrected chi connectivity index (χ4v) is 4.89. The first-order valence-corrected chi connectivity index (χ1v) is 11.8. The van der Waals surface area contributed by atoms with Gasteiger partial charge < -0.3 is 15.0 Å². The molecule has 0 radical (unpaired) electrons. The van der Waals surface area contributed by atoms with E-state index in [1.54, 1.807) is 11.8 Å². The van der Waals surface area contributed by atoms with Crippen molar-refractivity contribution >= 4 is 23.3 Å². The topological polar surface area (TPSA) is 80.2 Å². The lowest BCUT2D eigenvalue weighted by molar-refractivity contribution is -0.132. The Labute approximate surface area is 197 Å². The summed E-state index contributed by atoms with van der Waals surface area (Å²) in [6, 6.07) is 5.76. The summed E-state index contributed by atoms with van der Waals surface area (Å²) in [6.45, 7) is 6.60. The highest BCUT2D eigenvalue weighted by atomic mass is 32.1. The standard InChI is InChI=1S/C24H28FN5O2S/c1-14-9-21(33-29-14)19-10-17-7-5-6-8-30(13-27-23(17)28-16(19)3)24(31)15(2)18-11-22(32-4)26-12-20(18)25/h9-12,15H,5-8,13H2,1-4H3,(H,27,28)/t15-/m1/s1. The van der Waals surface area contributed by atoms with Gasteiger partial charge in [0.1, 0.15) is 11.6 Å². The first-order valence-electron chi connectivity index (χ1n) is 11.0. The van der Waals surface area contributed by atoms with Gasteiger partial charge in [0, 0.05) is 29.4 Å². The molecule has 7 nitrogen and oxygen atoms in total. The zero-order chi connectivity index (χ0) is 23.5. The average Bonchev–Trinajstić information content (AvgIpc) is 3.27. The van der Waals surface area contributed by atoms with Gasteiger partial charge in [-0.05, 0) is 69.3 Å². The number of hydrogen-bond acceptors (Lipinski definition) is 7. The molecule has 0 spiro atoms. The molecule has 9 heteroatoms. The number of amides is 1. The van der Waals surface area contributed by atoms with Crippen molar-refractivity contribution in [2.45, 2.75) is 46.0 Å². The number of hydrogen-bond donors (Lipinski definition) is 1. The van der Waals surface area contributed by atoms with Crippen LogP contribution in [0.2, 0.25) is 0 Å². The fraction of sp³-hybridized carbons (Fsp3) is 0.417. The van der Waals surface area contributed by atoms with Crippen LogP contribution < -0.4 is 10.1 Å². The van der Waals surface area contributed by atoms with Crippen LogP contribution in [-0.2, 0) is 11.2 Å². The number of fused-ring (bicyclic) bond motifs is 1. The predicted octanol–water partition coefficient (Wildman–Crippen LogP) is 4.70. The number of rotatable bonds is 4. The Balaban J connectivity index is 1.55. The first kappa shape index (κ1) is 23.1. The van der Waals surface area contributed by atoms with E-state index in [1.807, 2.05) is 13.8 Å². The lowest BCUT2D eigenvalue weighted by Crippen LogP contribution is -2.39. The Kier molecular flexibility index (Phi) is 6.88. The summed E-state index contributed by atoms with van der Waals surface area (Å²) in [4.78, 5) is 24.8. The lowest BCUT2D eigenvalue weighted by Gasteiger charge is -2.26. The predicted molar refractivity (Wildman–Crippen MR) is 127 cm³/mol. The van der Waals surface area contributed by atoms with Crippen LogP contribution in [0, 0.1) is 19.7 Å². The second-order valence-electron chi connectivity index (χ2n) is 8.33. The Morgan fingerprint density at radius 1 is 1.27 bits per heavy atom. The summed E-state index contributed by atoms with van der Waals surface area (Å²) in [6.07, 6.45) is 3.74. The number of aromatic nitrogens is 3. The van der Waals surface area contributed by atoms with Gasteiger partial charge in [-0.2, -0.15) is 4.37 Å². The maximum atomic E-state index is 14.4. The molecule has 1 amide bonds. The SMILES string of the molecule is COc1cc([C@@H](C)C(=O)N2CCCCc3cc(-c4cc(C)ns4)c(C)nc3NC2)c(F)cn1. The number of nitrogens with one attached hydrogen (secondary N) is 1. The van der Waals surface area contributed by atoms with Crippen LogP contribution in [0.25, 0.3) is 10.4 Å². The Hall–Kier alpha value is -3.07. The number of halogens is 1. The monoisotopic (exact) mass is 469 g/mol. The molecule has 4 rings (SSSR count). The normalized spacial score (nSPS) is 15.0. The van der Waals surface area contributed by atoms with Gasteiger partial charge in [0.2, 0.25) is 11.8 Å². The minimum atomic E-state index is -0.657. The summed E-state index contributed by atoms with van der Waals surface area (Å²) >= 11 is 1.48. The van der Waals surface area contributed by atoms with Crippen molar-refractivity contribution in [2.75, 3.05) is 25.6 Å². The zero-order valence-corrected chi connectivity index (χ0v) is 20.1. The number of carbonyl (C=O) groups is 1. The van der Waals surface area contributed by atoms with Crippen LogP contribution in [0.15, 0.2) is 24.4 Å². The van der Waals surface area contributed by atoms with Crippen LogP contribution in [0.5, 0.6) is 5.88 Å². The van der Waals surface area contributed by atoms with E-state index in [-0.39, 0.29) is 17.4 Å². The Morgan fingerprint density at radius 2 is 2.09 bits per heavy atom. The minimum Gasteiger partial charge on any atom is -0.481 e. The Morgan fingerprint density at radius 3 is 2.82 bits per heavy atom. The summed E-state index contributed by atoms with van der Waals surface area (Å²) in [7, 11) is 1.47. The molecule has 33 heavy (non-hydrogen) atoms. The van der Waals surface area contributed by atoms with Gasteiger partial charge in [0.15, 0.2) is 0 Å². The molecule has 0 bridgehead atoms. The molecule has 1 N–H and O–H groups in total. The van der Waals surface area contributed by atoms with Crippen LogP contribution in [0.4, 0.5) is 10.2 Å². The van der Waals surface area contributed by atoms with Gasteiger partial charge in [0.25, 0.3) is 0 Å². The van der Waals surface area contributed by atoms with Crippen LogP contribution in [0.3, 0.4) is 0 Å². The quantitative estimate of drug-likeness (QED) is 0.597.